The molecular formula is C10H17NOS. The second-order valence-electron chi connectivity index (χ2n) is 3.60. The molecular weight excluding hydrogens is 182 g/mol. The van der Waals surface area contributed by atoms with Crippen LogP contribution in [0, 0.1) is 0 Å². The first kappa shape index (κ1) is 10.8. The van der Waals surface area contributed by atoms with E-state index >= 15 is 0 Å². The van der Waals surface area contributed by atoms with E-state index in [-0.39, 0.29) is 0 Å². The maximum Gasteiger partial charge on any atom is 0.138 e. The Morgan fingerprint density at radius 2 is 2.46 bits per heavy atom. The Morgan fingerprint density at radius 3 is 3.00 bits per heavy atom. The normalized spacial score (nSPS) is 22.7. The molecule has 1 fully saturated rings. The summed E-state index contributed by atoms with van der Waals surface area (Å²) in [5, 5.41) is 3.35. The van der Waals surface area contributed by atoms with Crippen molar-refractivity contribution in [3.8, 4) is 0 Å². The van der Waals surface area contributed by atoms with Crippen LogP contribution in [-0.2, 0) is 4.79 Å². The minimum absolute atomic E-state index is 0.313. The monoisotopic (exact) mass is 199 g/mol. The van der Waals surface area contributed by atoms with Gasteiger partial charge in [-0.25, -0.2) is 0 Å². The first-order valence-electron chi connectivity index (χ1n) is 4.65. The van der Waals surface area contributed by atoms with Crippen LogP contribution in [0.2, 0.25) is 0 Å². The van der Waals surface area contributed by atoms with Gasteiger partial charge in [-0.15, -0.1) is 0 Å². The Balaban J connectivity index is 2.22. The lowest BCUT2D eigenvalue weighted by Gasteiger charge is -2.22. The van der Waals surface area contributed by atoms with Crippen LogP contribution >= 0.6 is 11.8 Å². The molecule has 13 heavy (non-hydrogen) atoms. The van der Waals surface area contributed by atoms with E-state index in [0.29, 0.717) is 24.7 Å². The number of nitrogens with one attached hydrogen (secondary N) is 1. The van der Waals surface area contributed by atoms with E-state index in [0.717, 1.165) is 17.9 Å². The van der Waals surface area contributed by atoms with Gasteiger partial charge in [0.05, 0.1) is 0 Å². The zero-order chi connectivity index (χ0) is 9.68. The molecule has 1 unspecified atom stereocenters. The highest BCUT2D eigenvalue weighted by atomic mass is 32.2. The second-order valence-corrected chi connectivity index (χ2v) is 4.75. The van der Waals surface area contributed by atoms with Gasteiger partial charge in [-0.05, 0) is 6.92 Å². The lowest BCUT2D eigenvalue weighted by Crippen LogP contribution is -2.38. The molecule has 1 aliphatic heterocycles. The standard InChI is InChI=1S/C10H17NOS/c1-8(2)5-10(12)6-9-7-13-4-3-11-9/h9,11H,1,3-7H2,2H3. The van der Waals surface area contributed by atoms with Crippen molar-refractivity contribution in [3.05, 3.63) is 12.2 Å². The van der Waals surface area contributed by atoms with Crippen LogP contribution in [0.1, 0.15) is 19.8 Å². The van der Waals surface area contributed by atoms with Crippen LogP contribution in [-0.4, -0.2) is 29.9 Å². The van der Waals surface area contributed by atoms with Gasteiger partial charge in [0.15, 0.2) is 0 Å². The van der Waals surface area contributed by atoms with Gasteiger partial charge >= 0.3 is 0 Å². The number of allylic oxidation sites excluding steroid dienone is 1. The number of ketones is 1. The summed E-state index contributed by atoms with van der Waals surface area (Å²) in [7, 11) is 0. The Morgan fingerprint density at radius 1 is 1.69 bits per heavy atom. The van der Waals surface area contributed by atoms with E-state index in [2.05, 4.69) is 11.9 Å². The largest absolute Gasteiger partial charge is 0.312 e. The van der Waals surface area contributed by atoms with Crippen molar-refractivity contribution in [2.45, 2.75) is 25.8 Å². The zero-order valence-electron chi connectivity index (χ0n) is 8.14. The lowest BCUT2D eigenvalue weighted by atomic mass is 10.1. The van der Waals surface area contributed by atoms with Crippen LogP contribution in [0.4, 0.5) is 0 Å². The Hall–Kier alpha value is -0.280. The summed E-state index contributed by atoms with van der Waals surface area (Å²) in [5.41, 5.74) is 0.966. The van der Waals surface area contributed by atoms with E-state index in [4.69, 9.17) is 0 Å². The van der Waals surface area contributed by atoms with Crippen molar-refractivity contribution in [2.75, 3.05) is 18.1 Å². The van der Waals surface area contributed by atoms with Gasteiger partial charge in [-0.1, -0.05) is 12.2 Å². The van der Waals surface area contributed by atoms with Crippen molar-refractivity contribution >= 4 is 17.5 Å². The smallest absolute Gasteiger partial charge is 0.138 e. The summed E-state index contributed by atoms with van der Waals surface area (Å²) in [6, 6.07) is 0.394. The fourth-order valence-electron chi connectivity index (χ4n) is 1.43. The Labute approximate surface area is 84.2 Å². The molecule has 0 saturated carbocycles. The molecule has 2 nitrogen and oxygen atoms in total. The fourth-order valence-corrected chi connectivity index (χ4v) is 2.38. The molecule has 0 aliphatic carbocycles. The van der Waals surface area contributed by atoms with E-state index in [9.17, 15) is 4.79 Å². The molecule has 0 bridgehead atoms. The van der Waals surface area contributed by atoms with Gasteiger partial charge in [0, 0.05) is 36.9 Å². The summed E-state index contributed by atoms with van der Waals surface area (Å²) < 4.78 is 0. The zero-order valence-corrected chi connectivity index (χ0v) is 8.95. The van der Waals surface area contributed by atoms with Crippen molar-refractivity contribution in [1.82, 2.24) is 5.32 Å². The fraction of sp³-hybridized carbons (Fsp3) is 0.700. The van der Waals surface area contributed by atoms with Crippen molar-refractivity contribution in [1.29, 1.82) is 0 Å². The highest BCUT2D eigenvalue weighted by Crippen LogP contribution is 2.12. The average molecular weight is 199 g/mol. The van der Waals surface area contributed by atoms with Crippen LogP contribution < -0.4 is 5.32 Å². The van der Waals surface area contributed by atoms with Gasteiger partial charge in [0.25, 0.3) is 0 Å². The molecule has 0 spiro atoms. The number of Topliss-reactive ketones (excluding diaryl/α,β-unsaturated/α-hetero) is 1. The number of carbonyl (C=O) groups is 1. The second kappa shape index (κ2) is 5.45. The molecule has 0 radical (unpaired) electrons. The average Bonchev–Trinajstić information content (AvgIpc) is 2.04. The first-order chi connectivity index (χ1) is 6.18. The SMILES string of the molecule is C=C(C)CC(=O)CC1CSCCN1. The van der Waals surface area contributed by atoms with Gasteiger partial charge in [-0.3, -0.25) is 4.79 Å². The third kappa shape index (κ3) is 4.48. The number of rotatable bonds is 4. The number of thioether (sulfide) groups is 1. The molecule has 1 N–H and O–H groups in total. The topological polar surface area (TPSA) is 29.1 Å². The van der Waals surface area contributed by atoms with Crippen LogP contribution in [0.15, 0.2) is 12.2 Å². The molecule has 0 aromatic rings. The minimum atomic E-state index is 0.313. The first-order valence-corrected chi connectivity index (χ1v) is 5.81. The van der Waals surface area contributed by atoms with E-state index in [1.54, 1.807) is 0 Å². The molecule has 0 amide bonds. The van der Waals surface area contributed by atoms with Crippen molar-refractivity contribution in [2.24, 2.45) is 0 Å². The maximum atomic E-state index is 11.4. The number of hydrogen-bond donors (Lipinski definition) is 1. The molecule has 1 heterocycles. The molecule has 1 atom stereocenters. The van der Waals surface area contributed by atoms with Crippen LogP contribution in [0.5, 0.6) is 0 Å². The summed E-state index contributed by atoms with van der Waals surface area (Å²) >= 11 is 1.93. The van der Waals surface area contributed by atoms with Gasteiger partial charge in [0.1, 0.15) is 5.78 Å². The van der Waals surface area contributed by atoms with Gasteiger partial charge < -0.3 is 5.32 Å². The molecule has 3 heteroatoms. The minimum Gasteiger partial charge on any atom is -0.312 e. The molecule has 74 valence electrons. The van der Waals surface area contributed by atoms with E-state index in [1.807, 2.05) is 18.7 Å². The van der Waals surface area contributed by atoms with Crippen molar-refractivity contribution in [3.63, 3.8) is 0 Å². The molecule has 1 rings (SSSR count). The summed E-state index contributed by atoms with van der Waals surface area (Å²) in [5.74, 6) is 2.56. The maximum absolute atomic E-state index is 11.4. The van der Waals surface area contributed by atoms with Crippen LogP contribution in [0.3, 0.4) is 0 Å². The Bertz CT molecular complexity index is 197. The summed E-state index contributed by atoms with van der Waals surface area (Å²) in [6.45, 7) is 6.68. The van der Waals surface area contributed by atoms with Crippen molar-refractivity contribution < 1.29 is 4.79 Å². The quantitative estimate of drug-likeness (QED) is 0.698. The van der Waals surface area contributed by atoms with E-state index < -0.39 is 0 Å². The van der Waals surface area contributed by atoms with Gasteiger partial charge in [0.2, 0.25) is 0 Å². The molecule has 0 aromatic heterocycles. The molecule has 0 aromatic carbocycles. The lowest BCUT2D eigenvalue weighted by molar-refractivity contribution is -0.118. The van der Waals surface area contributed by atoms with E-state index in [1.165, 1.54) is 5.75 Å². The number of carbonyl (C=O) groups excluding carboxylic acids is 1. The number of hydrogen-bond acceptors (Lipinski definition) is 3. The predicted octanol–water partition coefficient (Wildman–Crippen LogP) is 1.62. The third-order valence-electron chi connectivity index (χ3n) is 1.97. The predicted molar refractivity (Wildman–Crippen MR) is 58.2 cm³/mol. The summed E-state index contributed by atoms with van der Waals surface area (Å²) in [4.78, 5) is 11.4. The molecule has 1 aliphatic rings. The highest BCUT2D eigenvalue weighted by molar-refractivity contribution is 7.99. The van der Waals surface area contributed by atoms with Crippen LogP contribution in [0.25, 0.3) is 0 Å². The molecule has 1 saturated heterocycles. The summed E-state index contributed by atoms with van der Waals surface area (Å²) in [6.07, 6.45) is 1.21. The third-order valence-corrected chi connectivity index (χ3v) is 3.10. The van der Waals surface area contributed by atoms with Gasteiger partial charge in [-0.2, -0.15) is 11.8 Å². The highest BCUT2D eigenvalue weighted by Gasteiger charge is 2.16. The Kier molecular flexibility index (Phi) is 4.53.